The fourth-order valence-electron chi connectivity index (χ4n) is 10.6. The summed E-state index contributed by atoms with van der Waals surface area (Å²) in [5, 5.41) is 3.35. The number of para-hydroxylation sites is 1. The summed E-state index contributed by atoms with van der Waals surface area (Å²) in [6, 6.07) is 10.4. The number of amides is 5. The number of H-pyrrole nitrogens is 1. The van der Waals surface area contributed by atoms with Crippen LogP contribution in [0.1, 0.15) is 100 Å². The van der Waals surface area contributed by atoms with E-state index < -0.39 is 42.1 Å². The van der Waals surface area contributed by atoms with Crippen molar-refractivity contribution in [1.82, 2.24) is 39.9 Å². The maximum absolute atomic E-state index is 13.9. The predicted molar refractivity (Wildman–Crippen MR) is 215 cm³/mol. The molecule has 0 radical (unpaired) electrons. The standard InChI is InChI=1S/C44H47F2N9O5/c1-24-16-31-30-4-2-3-5-34(30)49-38(31)39(54(24)23-36(45)46)28-19-47-44(48-20-28)52-12-8-25(9-13-52)41(58)51-14-10-29(11-15-51)53-21-26-17-32-33(18-27(26)22-53)43(60)55(42(32)59)35-6-7-37(56)50-40(35)57/h2-5,17-20,24-25,29,35-36,39,49H,6-16,21-23H2,1H3,(H,50,56,57)/t24-,35?,39-/m1/s1. The highest BCUT2D eigenvalue weighted by Crippen LogP contribution is 2.41. The van der Waals surface area contributed by atoms with E-state index in [0.717, 1.165) is 56.6 Å². The Bertz CT molecular complexity index is 2360. The average Bonchev–Trinajstić information content (AvgIpc) is 3.91. The van der Waals surface area contributed by atoms with Crippen molar-refractivity contribution in [3.8, 4) is 0 Å². The first kappa shape index (κ1) is 38.6. The van der Waals surface area contributed by atoms with Gasteiger partial charge in [-0.1, -0.05) is 18.2 Å². The molecule has 14 nitrogen and oxygen atoms in total. The van der Waals surface area contributed by atoms with E-state index in [9.17, 15) is 32.8 Å². The van der Waals surface area contributed by atoms with Gasteiger partial charge < -0.3 is 14.8 Å². The monoisotopic (exact) mass is 819 g/mol. The third-order valence-electron chi connectivity index (χ3n) is 13.8. The van der Waals surface area contributed by atoms with E-state index in [1.165, 1.54) is 0 Å². The molecule has 6 aliphatic rings. The fraction of sp³-hybridized carbons (Fsp3) is 0.477. The van der Waals surface area contributed by atoms with Crippen LogP contribution in [0.4, 0.5) is 14.7 Å². The van der Waals surface area contributed by atoms with Crippen LogP contribution >= 0.6 is 0 Å². The van der Waals surface area contributed by atoms with Gasteiger partial charge in [0.05, 0.1) is 23.7 Å². The predicted octanol–water partition coefficient (Wildman–Crippen LogP) is 4.18. The van der Waals surface area contributed by atoms with Crippen molar-refractivity contribution in [3.05, 3.63) is 87.9 Å². The average molecular weight is 820 g/mol. The molecule has 3 atom stereocenters. The van der Waals surface area contributed by atoms with Gasteiger partial charge >= 0.3 is 0 Å². The van der Waals surface area contributed by atoms with Gasteiger partial charge in [0.15, 0.2) is 0 Å². The molecule has 1 unspecified atom stereocenters. The Morgan fingerprint density at radius 3 is 2.20 bits per heavy atom. The number of imide groups is 2. The number of benzene rings is 2. The Hall–Kier alpha value is -5.61. The summed E-state index contributed by atoms with van der Waals surface area (Å²) in [5.74, 6) is -1.34. The van der Waals surface area contributed by atoms with Crippen LogP contribution < -0.4 is 10.2 Å². The zero-order chi connectivity index (χ0) is 41.4. The van der Waals surface area contributed by atoms with Crippen LogP contribution in [-0.2, 0) is 33.9 Å². The molecule has 5 amide bonds. The van der Waals surface area contributed by atoms with Crippen LogP contribution in [0, 0.1) is 5.92 Å². The molecule has 2 aromatic heterocycles. The highest BCUT2D eigenvalue weighted by atomic mass is 19.3. The lowest BCUT2D eigenvalue weighted by molar-refractivity contribution is -0.138. The molecule has 2 N–H and O–H groups in total. The maximum atomic E-state index is 13.9. The number of fused-ring (bicyclic) bond motifs is 5. The summed E-state index contributed by atoms with van der Waals surface area (Å²) in [6.07, 6.45) is 4.96. The van der Waals surface area contributed by atoms with Gasteiger partial charge in [0, 0.05) is 98.2 Å². The molecule has 0 spiro atoms. The molecule has 0 bridgehead atoms. The number of rotatable bonds is 7. The van der Waals surface area contributed by atoms with E-state index in [1.807, 2.05) is 34.9 Å². The fourth-order valence-corrected chi connectivity index (χ4v) is 10.6. The van der Waals surface area contributed by atoms with Gasteiger partial charge in [-0.25, -0.2) is 18.7 Å². The normalized spacial score (nSPS) is 24.4. The second kappa shape index (κ2) is 15.1. The molecule has 0 aliphatic carbocycles. The van der Waals surface area contributed by atoms with E-state index in [1.54, 1.807) is 24.5 Å². The topological polar surface area (TPSA) is 155 Å². The Morgan fingerprint density at radius 2 is 1.55 bits per heavy atom. The Morgan fingerprint density at radius 1 is 0.883 bits per heavy atom. The number of aromatic nitrogens is 3. The van der Waals surface area contributed by atoms with Crippen molar-refractivity contribution < 1.29 is 32.8 Å². The third kappa shape index (κ3) is 6.64. The highest BCUT2D eigenvalue weighted by Gasteiger charge is 2.46. The Balaban J connectivity index is 0.735. The first-order valence-corrected chi connectivity index (χ1v) is 21.1. The summed E-state index contributed by atoms with van der Waals surface area (Å²) in [6.45, 7) is 5.54. The molecule has 2 aromatic carbocycles. The Kier molecular flexibility index (Phi) is 9.73. The molecule has 4 aromatic rings. The largest absolute Gasteiger partial charge is 0.357 e. The molecule has 6 aliphatic heterocycles. The van der Waals surface area contributed by atoms with E-state index in [-0.39, 0.29) is 43.3 Å². The summed E-state index contributed by atoms with van der Waals surface area (Å²) in [4.78, 5) is 86.9. The second-order valence-corrected chi connectivity index (χ2v) is 17.3. The molecule has 3 fully saturated rings. The number of nitrogens with zero attached hydrogens (tertiary/aromatic N) is 7. The molecule has 8 heterocycles. The number of piperidine rings is 3. The van der Waals surface area contributed by atoms with Crippen molar-refractivity contribution in [2.45, 2.75) is 95.6 Å². The molecule has 312 valence electrons. The van der Waals surface area contributed by atoms with Crippen LogP contribution in [-0.4, -0.2) is 121 Å². The number of carbonyl (C=O) groups is 5. The van der Waals surface area contributed by atoms with Crippen molar-refractivity contribution in [2.24, 2.45) is 5.92 Å². The SMILES string of the molecule is C[C@@H]1Cc2c([nH]c3ccccc23)[C@@H](c2cnc(N3CCC(C(=O)N4CCC(N5Cc6cc7c(cc6C5)C(=O)N(C5CCC(=O)NC5=O)C7=O)CC4)CC3)nc2)N1CC(F)F. The lowest BCUT2D eigenvalue weighted by atomic mass is 9.89. The van der Waals surface area contributed by atoms with Crippen molar-refractivity contribution in [2.75, 3.05) is 37.6 Å². The number of alkyl halides is 2. The van der Waals surface area contributed by atoms with E-state index >= 15 is 0 Å². The summed E-state index contributed by atoms with van der Waals surface area (Å²) < 4.78 is 27.7. The first-order chi connectivity index (χ1) is 29.0. The van der Waals surface area contributed by atoms with E-state index in [4.69, 9.17) is 9.97 Å². The maximum Gasteiger partial charge on any atom is 0.262 e. The zero-order valence-corrected chi connectivity index (χ0v) is 33.4. The van der Waals surface area contributed by atoms with E-state index in [2.05, 4.69) is 26.2 Å². The smallest absolute Gasteiger partial charge is 0.262 e. The first-order valence-electron chi connectivity index (χ1n) is 21.1. The van der Waals surface area contributed by atoms with Gasteiger partial charge in [0.1, 0.15) is 6.04 Å². The molecule has 16 heteroatoms. The van der Waals surface area contributed by atoms with Crippen molar-refractivity contribution in [1.29, 1.82) is 0 Å². The molecule has 3 saturated heterocycles. The quantitative estimate of drug-likeness (QED) is 0.260. The minimum atomic E-state index is -2.48. The van der Waals surface area contributed by atoms with Gasteiger partial charge in [-0.15, -0.1) is 0 Å². The van der Waals surface area contributed by atoms with Crippen LogP contribution in [0.25, 0.3) is 10.9 Å². The molecule has 0 saturated carbocycles. The van der Waals surface area contributed by atoms with Gasteiger partial charge in [-0.3, -0.25) is 44.0 Å². The number of carbonyl (C=O) groups excluding carboxylic acids is 5. The molecular formula is C44H47F2N9O5. The van der Waals surface area contributed by atoms with E-state index in [0.29, 0.717) is 75.6 Å². The van der Waals surface area contributed by atoms with Gasteiger partial charge in [-0.05, 0) is 80.3 Å². The lowest BCUT2D eigenvalue weighted by Gasteiger charge is -2.40. The number of anilines is 1. The number of hydrogen-bond donors (Lipinski definition) is 2. The van der Waals surface area contributed by atoms with Crippen LogP contribution in [0.5, 0.6) is 0 Å². The zero-order valence-electron chi connectivity index (χ0n) is 33.4. The summed E-state index contributed by atoms with van der Waals surface area (Å²) in [5.41, 5.74) is 6.40. The van der Waals surface area contributed by atoms with Crippen LogP contribution in [0.3, 0.4) is 0 Å². The highest BCUT2D eigenvalue weighted by molar-refractivity contribution is 6.23. The third-order valence-corrected chi connectivity index (χ3v) is 13.8. The van der Waals surface area contributed by atoms with Crippen molar-refractivity contribution >= 4 is 46.4 Å². The number of aromatic amines is 1. The molecule has 10 rings (SSSR count). The summed E-state index contributed by atoms with van der Waals surface area (Å²) in [7, 11) is 0. The van der Waals surface area contributed by atoms with Gasteiger partial charge in [0.25, 0.3) is 18.2 Å². The van der Waals surface area contributed by atoms with Gasteiger partial charge in [0.2, 0.25) is 23.7 Å². The number of halogens is 2. The van der Waals surface area contributed by atoms with Crippen molar-refractivity contribution in [3.63, 3.8) is 0 Å². The van der Waals surface area contributed by atoms with Gasteiger partial charge in [-0.2, -0.15) is 0 Å². The Labute approximate surface area is 345 Å². The molecule has 60 heavy (non-hydrogen) atoms. The lowest BCUT2D eigenvalue weighted by Crippen LogP contribution is -2.54. The number of nitrogens with one attached hydrogen (secondary N) is 2. The number of likely N-dealkylation sites (tertiary alicyclic amines) is 1. The summed E-state index contributed by atoms with van der Waals surface area (Å²) >= 11 is 0. The minimum absolute atomic E-state index is 0.0782. The van der Waals surface area contributed by atoms with Crippen LogP contribution in [0.2, 0.25) is 0 Å². The minimum Gasteiger partial charge on any atom is -0.357 e. The molecular weight excluding hydrogens is 773 g/mol. The van der Waals surface area contributed by atoms with Crippen LogP contribution in [0.15, 0.2) is 48.8 Å². The number of hydrogen-bond acceptors (Lipinski definition) is 10. The second-order valence-electron chi connectivity index (χ2n) is 17.3.